The van der Waals surface area contributed by atoms with Crippen molar-refractivity contribution in [2.24, 2.45) is 0 Å². The first kappa shape index (κ1) is 24.0. The highest BCUT2D eigenvalue weighted by Crippen LogP contribution is 2.44. The molecule has 5 aromatic carbocycles. The Morgan fingerprint density at radius 3 is 1.57 bits per heavy atom. The molecule has 40 heavy (non-hydrogen) atoms. The maximum absolute atomic E-state index is 4.53. The molecule has 190 valence electrons. The standard InChI is InChI=1S/C38H28N2/c1-25-20-32(23-39-22-25)27-16-18-28(19-17-27)37-33-10-3-5-12-35(33)38(36-13-6-4-11-34(36)37)30-9-7-8-29(21-30)31-15-14-26(2)40-24-31/h3-24H,1-2H3. The van der Waals surface area contributed by atoms with Crippen molar-refractivity contribution in [1.29, 1.82) is 0 Å². The van der Waals surface area contributed by atoms with Crippen molar-refractivity contribution in [3.05, 3.63) is 145 Å². The Hall–Kier alpha value is -5.08. The van der Waals surface area contributed by atoms with Gasteiger partial charge in [-0.05, 0) is 92.5 Å². The number of hydrogen-bond donors (Lipinski definition) is 0. The van der Waals surface area contributed by atoms with Gasteiger partial charge in [0.15, 0.2) is 0 Å². The van der Waals surface area contributed by atoms with Gasteiger partial charge in [0.25, 0.3) is 0 Å². The fourth-order valence-electron chi connectivity index (χ4n) is 5.79. The number of aryl methyl sites for hydroxylation is 2. The summed E-state index contributed by atoms with van der Waals surface area (Å²) >= 11 is 0. The second-order valence-electron chi connectivity index (χ2n) is 10.4. The lowest BCUT2D eigenvalue weighted by Gasteiger charge is -2.18. The summed E-state index contributed by atoms with van der Waals surface area (Å²) in [6.45, 7) is 4.10. The Labute approximate surface area is 234 Å². The highest BCUT2D eigenvalue weighted by atomic mass is 14.7. The summed E-state index contributed by atoms with van der Waals surface area (Å²) in [4.78, 5) is 8.92. The van der Waals surface area contributed by atoms with Crippen LogP contribution in [0.2, 0.25) is 0 Å². The van der Waals surface area contributed by atoms with Crippen molar-refractivity contribution in [2.45, 2.75) is 13.8 Å². The molecular formula is C38H28N2. The number of pyridine rings is 2. The SMILES string of the molecule is Cc1cncc(-c2ccc(-c3c4ccccc4c(-c4cccc(-c5ccc(C)nc5)c4)c4ccccc34)cc2)c1. The first-order chi connectivity index (χ1) is 19.7. The number of hydrogen-bond acceptors (Lipinski definition) is 2. The van der Waals surface area contributed by atoms with Crippen LogP contribution in [0.3, 0.4) is 0 Å². The highest BCUT2D eigenvalue weighted by Gasteiger charge is 2.17. The van der Waals surface area contributed by atoms with Gasteiger partial charge in [-0.1, -0.05) is 97.1 Å². The van der Waals surface area contributed by atoms with E-state index in [2.05, 4.69) is 132 Å². The Bertz CT molecular complexity index is 1950. The molecule has 0 aliphatic rings. The van der Waals surface area contributed by atoms with Crippen molar-refractivity contribution in [3.8, 4) is 44.5 Å². The summed E-state index contributed by atoms with van der Waals surface area (Å²) in [6, 6.07) is 41.8. The molecule has 0 spiro atoms. The van der Waals surface area contributed by atoms with Gasteiger partial charge in [-0.15, -0.1) is 0 Å². The van der Waals surface area contributed by atoms with E-state index in [-0.39, 0.29) is 0 Å². The molecule has 0 unspecified atom stereocenters. The van der Waals surface area contributed by atoms with Crippen molar-refractivity contribution in [2.75, 3.05) is 0 Å². The van der Waals surface area contributed by atoms with E-state index in [1.807, 2.05) is 25.5 Å². The van der Waals surface area contributed by atoms with Gasteiger partial charge < -0.3 is 0 Å². The van der Waals surface area contributed by atoms with Crippen LogP contribution in [0.1, 0.15) is 11.3 Å². The second kappa shape index (κ2) is 9.91. The summed E-state index contributed by atoms with van der Waals surface area (Å²) in [5.74, 6) is 0. The van der Waals surface area contributed by atoms with Crippen LogP contribution < -0.4 is 0 Å². The monoisotopic (exact) mass is 512 g/mol. The lowest BCUT2D eigenvalue weighted by atomic mass is 9.85. The van der Waals surface area contributed by atoms with Gasteiger partial charge in [0, 0.05) is 35.4 Å². The fourth-order valence-corrected chi connectivity index (χ4v) is 5.79. The van der Waals surface area contributed by atoms with Crippen LogP contribution >= 0.6 is 0 Å². The van der Waals surface area contributed by atoms with Gasteiger partial charge in [0.2, 0.25) is 0 Å². The van der Waals surface area contributed by atoms with E-state index in [1.165, 1.54) is 54.9 Å². The molecule has 7 rings (SSSR count). The van der Waals surface area contributed by atoms with Gasteiger partial charge in [-0.3, -0.25) is 9.97 Å². The van der Waals surface area contributed by atoms with E-state index < -0.39 is 0 Å². The minimum absolute atomic E-state index is 1.02. The fraction of sp³-hybridized carbons (Fsp3) is 0.0526. The summed E-state index contributed by atoms with van der Waals surface area (Å²) in [6.07, 6.45) is 5.79. The van der Waals surface area contributed by atoms with Crippen molar-refractivity contribution < 1.29 is 0 Å². The average Bonchev–Trinajstić information content (AvgIpc) is 3.00. The zero-order valence-corrected chi connectivity index (χ0v) is 22.6. The molecule has 0 saturated heterocycles. The first-order valence-corrected chi connectivity index (χ1v) is 13.6. The molecule has 0 aliphatic heterocycles. The minimum atomic E-state index is 1.02. The molecular weight excluding hydrogens is 484 g/mol. The largest absolute Gasteiger partial charge is 0.264 e. The lowest BCUT2D eigenvalue weighted by Crippen LogP contribution is -1.91. The number of aromatic nitrogens is 2. The molecule has 2 heteroatoms. The van der Waals surface area contributed by atoms with Crippen LogP contribution in [0.4, 0.5) is 0 Å². The van der Waals surface area contributed by atoms with Gasteiger partial charge in [-0.25, -0.2) is 0 Å². The first-order valence-electron chi connectivity index (χ1n) is 13.6. The van der Waals surface area contributed by atoms with Crippen molar-refractivity contribution in [1.82, 2.24) is 9.97 Å². The zero-order valence-electron chi connectivity index (χ0n) is 22.6. The molecule has 0 radical (unpaired) electrons. The van der Waals surface area contributed by atoms with Crippen LogP contribution in [0.5, 0.6) is 0 Å². The summed E-state index contributed by atoms with van der Waals surface area (Å²) in [5.41, 5.74) is 11.7. The Morgan fingerprint density at radius 2 is 0.975 bits per heavy atom. The molecule has 7 aromatic rings. The third kappa shape index (κ3) is 4.24. The molecule has 0 N–H and O–H groups in total. The average molecular weight is 513 g/mol. The van der Waals surface area contributed by atoms with Crippen LogP contribution in [-0.2, 0) is 0 Å². The molecule has 0 saturated carbocycles. The van der Waals surface area contributed by atoms with E-state index in [4.69, 9.17) is 0 Å². The highest BCUT2D eigenvalue weighted by molar-refractivity contribution is 6.21. The minimum Gasteiger partial charge on any atom is -0.264 e. The number of fused-ring (bicyclic) bond motifs is 2. The smallest absolute Gasteiger partial charge is 0.0373 e. The molecule has 2 nitrogen and oxygen atoms in total. The van der Waals surface area contributed by atoms with Gasteiger partial charge in [0.05, 0.1) is 0 Å². The Balaban J connectivity index is 1.44. The zero-order chi connectivity index (χ0) is 27.1. The maximum Gasteiger partial charge on any atom is 0.0373 e. The quantitative estimate of drug-likeness (QED) is 0.219. The molecule has 2 heterocycles. The molecule has 0 amide bonds. The molecule has 0 fully saturated rings. The summed E-state index contributed by atoms with van der Waals surface area (Å²) in [5, 5.41) is 5.01. The summed E-state index contributed by atoms with van der Waals surface area (Å²) in [7, 11) is 0. The van der Waals surface area contributed by atoms with E-state index in [0.29, 0.717) is 0 Å². The van der Waals surface area contributed by atoms with Crippen LogP contribution in [0.15, 0.2) is 134 Å². The predicted octanol–water partition coefficient (Wildman–Crippen LogP) is 10.1. The van der Waals surface area contributed by atoms with Crippen LogP contribution in [-0.4, -0.2) is 9.97 Å². The number of nitrogens with zero attached hydrogens (tertiary/aromatic N) is 2. The maximum atomic E-state index is 4.53. The van der Waals surface area contributed by atoms with Crippen LogP contribution in [0.25, 0.3) is 66.1 Å². The topological polar surface area (TPSA) is 25.8 Å². The Kier molecular flexibility index (Phi) is 5.94. The number of benzene rings is 5. The second-order valence-corrected chi connectivity index (χ2v) is 10.4. The van der Waals surface area contributed by atoms with Crippen LogP contribution in [0, 0.1) is 13.8 Å². The lowest BCUT2D eigenvalue weighted by molar-refractivity contribution is 1.20. The van der Waals surface area contributed by atoms with E-state index >= 15 is 0 Å². The normalized spacial score (nSPS) is 11.2. The summed E-state index contributed by atoms with van der Waals surface area (Å²) < 4.78 is 0. The van der Waals surface area contributed by atoms with Crippen molar-refractivity contribution in [3.63, 3.8) is 0 Å². The predicted molar refractivity (Wildman–Crippen MR) is 168 cm³/mol. The van der Waals surface area contributed by atoms with Crippen molar-refractivity contribution >= 4 is 21.5 Å². The molecule has 0 bridgehead atoms. The van der Waals surface area contributed by atoms with E-state index in [1.54, 1.807) is 0 Å². The van der Waals surface area contributed by atoms with Gasteiger partial charge in [-0.2, -0.15) is 0 Å². The molecule has 2 aromatic heterocycles. The van der Waals surface area contributed by atoms with E-state index in [0.717, 1.165) is 22.4 Å². The van der Waals surface area contributed by atoms with Gasteiger partial charge >= 0.3 is 0 Å². The third-order valence-electron chi connectivity index (χ3n) is 7.71. The molecule has 0 atom stereocenters. The molecule has 0 aliphatic carbocycles. The third-order valence-corrected chi connectivity index (χ3v) is 7.71. The number of rotatable bonds is 4. The Morgan fingerprint density at radius 1 is 0.400 bits per heavy atom. The van der Waals surface area contributed by atoms with E-state index in [9.17, 15) is 0 Å². The van der Waals surface area contributed by atoms with Gasteiger partial charge in [0.1, 0.15) is 0 Å².